The highest BCUT2D eigenvalue weighted by Crippen LogP contribution is 2.37. The topological polar surface area (TPSA) is 30.5 Å². The van der Waals surface area contributed by atoms with Crippen LogP contribution in [0.15, 0.2) is 36.4 Å². The van der Waals surface area contributed by atoms with Crippen LogP contribution < -0.4 is 14.8 Å². The first-order valence-electron chi connectivity index (χ1n) is 8.75. The Balaban J connectivity index is 2.03. The second-order valence-electron chi connectivity index (χ2n) is 6.75. The van der Waals surface area contributed by atoms with Crippen molar-refractivity contribution in [3.63, 3.8) is 0 Å². The van der Waals surface area contributed by atoms with Gasteiger partial charge in [-0.15, -0.1) is 0 Å². The summed E-state index contributed by atoms with van der Waals surface area (Å²) in [5, 5.41) is 4.02. The highest BCUT2D eigenvalue weighted by Gasteiger charge is 2.12. The van der Waals surface area contributed by atoms with Crippen LogP contribution in [0.2, 0.25) is 5.02 Å². The Morgan fingerprint density at radius 2 is 1.92 bits per heavy atom. The SMILES string of the molecule is COc1cc(CNCCC(C)C)cc(Cl)c1OCc1cccc(C)c1. The molecule has 25 heavy (non-hydrogen) atoms. The molecule has 0 aliphatic carbocycles. The van der Waals surface area contributed by atoms with E-state index >= 15 is 0 Å². The number of aryl methyl sites for hydroxylation is 1. The lowest BCUT2D eigenvalue weighted by molar-refractivity contribution is 0.284. The molecular formula is C21H28ClNO2. The summed E-state index contributed by atoms with van der Waals surface area (Å²) in [5.41, 5.74) is 3.41. The number of benzene rings is 2. The number of hydrogen-bond donors (Lipinski definition) is 1. The molecule has 0 amide bonds. The first-order valence-corrected chi connectivity index (χ1v) is 9.13. The molecule has 0 aliphatic rings. The molecule has 2 rings (SSSR count). The van der Waals surface area contributed by atoms with Crippen molar-refractivity contribution in [3.05, 3.63) is 58.1 Å². The summed E-state index contributed by atoms with van der Waals surface area (Å²) in [6, 6.07) is 12.2. The molecule has 0 aromatic heterocycles. The number of methoxy groups -OCH3 is 1. The van der Waals surface area contributed by atoms with Crippen LogP contribution in [0.5, 0.6) is 11.5 Å². The Labute approximate surface area is 156 Å². The largest absolute Gasteiger partial charge is 0.493 e. The van der Waals surface area contributed by atoms with E-state index in [9.17, 15) is 0 Å². The van der Waals surface area contributed by atoms with Crippen molar-refractivity contribution in [1.29, 1.82) is 0 Å². The average Bonchev–Trinajstić information content (AvgIpc) is 2.57. The summed E-state index contributed by atoms with van der Waals surface area (Å²) < 4.78 is 11.4. The maximum Gasteiger partial charge on any atom is 0.180 e. The highest BCUT2D eigenvalue weighted by molar-refractivity contribution is 6.32. The van der Waals surface area contributed by atoms with Gasteiger partial charge >= 0.3 is 0 Å². The van der Waals surface area contributed by atoms with Crippen molar-refractivity contribution < 1.29 is 9.47 Å². The Bertz CT molecular complexity index is 686. The van der Waals surface area contributed by atoms with Crippen LogP contribution in [0.1, 0.15) is 37.0 Å². The van der Waals surface area contributed by atoms with Crippen molar-refractivity contribution in [3.8, 4) is 11.5 Å². The molecule has 2 aromatic carbocycles. The quantitative estimate of drug-likeness (QED) is 0.609. The van der Waals surface area contributed by atoms with Crippen LogP contribution in [-0.4, -0.2) is 13.7 Å². The van der Waals surface area contributed by atoms with Gasteiger partial charge in [-0.2, -0.15) is 0 Å². The third-order valence-corrected chi connectivity index (χ3v) is 4.26. The zero-order chi connectivity index (χ0) is 18.2. The van der Waals surface area contributed by atoms with E-state index < -0.39 is 0 Å². The summed E-state index contributed by atoms with van der Waals surface area (Å²) in [6.45, 7) is 8.73. The Hall–Kier alpha value is -1.71. The van der Waals surface area contributed by atoms with Crippen molar-refractivity contribution >= 4 is 11.6 Å². The molecule has 3 nitrogen and oxygen atoms in total. The van der Waals surface area contributed by atoms with Crippen molar-refractivity contribution in [2.75, 3.05) is 13.7 Å². The summed E-state index contributed by atoms with van der Waals surface area (Å²) in [6.07, 6.45) is 1.16. The summed E-state index contributed by atoms with van der Waals surface area (Å²) in [4.78, 5) is 0. The lowest BCUT2D eigenvalue weighted by Crippen LogP contribution is -2.16. The second-order valence-corrected chi connectivity index (χ2v) is 7.15. The number of rotatable bonds is 9. The first-order chi connectivity index (χ1) is 12.0. The van der Waals surface area contributed by atoms with Gasteiger partial charge in [-0.3, -0.25) is 0 Å². The van der Waals surface area contributed by atoms with E-state index in [1.165, 1.54) is 5.56 Å². The van der Waals surface area contributed by atoms with Gasteiger partial charge in [-0.1, -0.05) is 55.3 Å². The second kappa shape index (κ2) is 9.69. The first kappa shape index (κ1) is 19.6. The normalized spacial score (nSPS) is 11.0. The smallest absolute Gasteiger partial charge is 0.180 e. The van der Waals surface area contributed by atoms with Crippen LogP contribution in [0.25, 0.3) is 0 Å². The number of ether oxygens (including phenoxy) is 2. The fourth-order valence-electron chi connectivity index (χ4n) is 2.60. The van der Waals surface area contributed by atoms with Gasteiger partial charge in [0.1, 0.15) is 6.61 Å². The van der Waals surface area contributed by atoms with Gasteiger partial charge in [0.15, 0.2) is 11.5 Å². The van der Waals surface area contributed by atoms with Gasteiger partial charge in [0.05, 0.1) is 12.1 Å². The van der Waals surface area contributed by atoms with E-state index in [1.807, 2.05) is 24.3 Å². The van der Waals surface area contributed by atoms with Crippen LogP contribution in [0.3, 0.4) is 0 Å². The molecule has 0 saturated heterocycles. The molecule has 0 heterocycles. The number of hydrogen-bond acceptors (Lipinski definition) is 3. The molecule has 136 valence electrons. The minimum absolute atomic E-state index is 0.462. The average molecular weight is 362 g/mol. The van der Waals surface area contributed by atoms with Crippen LogP contribution in [0, 0.1) is 12.8 Å². The minimum atomic E-state index is 0.462. The highest BCUT2D eigenvalue weighted by atomic mass is 35.5. The summed E-state index contributed by atoms with van der Waals surface area (Å²) in [7, 11) is 1.64. The zero-order valence-corrected chi connectivity index (χ0v) is 16.3. The molecule has 1 N–H and O–H groups in total. The summed E-state index contributed by atoms with van der Waals surface area (Å²) >= 11 is 6.44. The van der Waals surface area contributed by atoms with Crippen LogP contribution >= 0.6 is 11.6 Å². The Morgan fingerprint density at radius 1 is 1.12 bits per heavy atom. The fraction of sp³-hybridized carbons (Fsp3) is 0.429. The maximum atomic E-state index is 6.44. The van der Waals surface area contributed by atoms with E-state index in [0.717, 1.165) is 30.6 Å². The third kappa shape index (κ3) is 6.26. The third-order valence-electron chi connectivity index (χ3n) is 3.98. The summed E-state index contributed by atoms with van der Waals surface area (Å²) in [5.74, 6) is 1.96. The Morgan fingerprint density at radius 3 is 2.60 bits per heavy atom. The van der Waals surface area contributed by atoms with Gasteiger partial charge in [0.2, 0.25) is 0 Å². The minimum Gasteiger partial charge on any atom is -0.493 e. The van der Waals surface area contributed by atoms with E-state index in [4.69, 9.17) is 21.1 Å². The van der Waals surface area contributed by atoms with E-state index in [2.05, 4.69) is 38.2 Å². The van der Waals surface area contributed by atoms with Crippen molar-refractivity contribution in [2.24, 2.45) is 5.92 Å². The van der Waals surface area contributed by atoms with Gasteiger partial charge in [0, 0.05) is 6.54 Å². The van der Waals surface area contributed by atoms with Gasteiger partial charge < -0.3 is 14.8 Å². The number of nitrogens with one attached hydrogen (secondary N) is 1. The molecular weight excluding hydrogens is 334 g/mol. The van der Waals surface area contributed by atoms with Crippen molar-refractivity contribution in [2.45, 2.75) is 40.3 Å². The van der Waals surface area contributed by atoms with Gasteiger partial charge in [0.25, 0.3) is 0 Å². The van der Waals surface area contributed by atoms with E-state index in [-0.39, 0.29) is 0 Å². The molecule has 0 radical (unpaired) electrons. The molecule has 0 aliphatic heterocycles. The molecule has 0 spiro atoms. The molecule has 0 unspecified atom stereocenters. The molecule has 0 atom stereocenters. The van der Waals surface area contributed by atoms with E-state index in [0.29, 0.717) is 29.0 Å². The molecule has 0 fully saturated rings. The fourth-order valence-corrected chi connectivity index (χ4v) is 2.88. The monoisotopic (exact) mass is 361 g/mol. The molecule has 2 aromatic rings. The van der Waals surface area contributed by atoms with E-state index in [1.54, 1.807) is 7.11 Å². The van der Waals surface area contributed by atoms with Crippen molar-refractivity contribution in [1.82, 2.24) is 5.32 Å². The zero-order valence-electron chi connectivity index (χ0n) is 15.6. The Kier molecular flexibility index (Phi) is 7.60. The predicted molar refractivity (Wildman–Crippen MR) is 105 cm³/mol. The standard InChI is InChI=1S/C21H28ClNO2/c1-15(2)8-9-23-13-18-11-19(22)21(20(12-18)24-4)25-14-17-7-5-6-16(3)10-17/h5-7,10-12,15,23H,8-9,13-14H2,1-4H3. The molecule has 0 saturated carbocycles. The van der Waals surface area contributed by atoms with Crippen LogP contribution in [0.4, 0.5) is 0 Å². The maximum absolute atomic E-state index is 6.44. The lowest BCUT2D eigenvalue weighted by atomic mass is 10.1. The lowest BCUT2D eigenvalue weighted by Gasteiger charge is -2.15. The van der Waals surface area contributed by atoms with Crippen LogP contribution in [-0.2, 0) is 13.2 Å². The van der Waals surface area contributed by atoms with Gasteiger partial charge in [-0.25, -0.2) is 0 Å². The molecule has 4 heteroatoms. The van der Waals surface area contributed by atoms with Gasteiger partial charge in [-0.05, 0) is 49.1 Å². The number of halogens is 1. The molecule has 0 bridgehead atoms. The predicted octanol–water partition coefficient (Wildman–Crippen LogP) is 5.37.